The summed E-state index contributed by atoms with van der Waals surface area (Å²) >= 11 is 6.11. The highest BCUT2D eigenvalue weighted by Crippen LogP contribution is 2.23. The van der Waals surface area contributed by atoms with Gasteiger partial charge in [-0.15, -0.1) is 0 Å². The quantitative estimate of drug-likeness (QED) is 0.437. The molecular weight excluding hydrogens is 384 g/mol. The number of anilines is 1. The molecule has 0 radical (unpaired) electrons. The largest absolute Gasteiger partial charge is 0.440 e. The van der Waals surface area contributed by atoms with Crippen molar-refractivity contribution in [3.05, 3.63) is 93.3 Å². The monoisotopic (exact) mass is 404 g/mol. The maximum Gasteiger partial charge on any atom is 0.255 e. The van der Waals surface area contributed by atoms with E-state index in [-0.39, 0.29) is 5.91 Å². The van der Waals surface area contributed by atoms with Gasteiger partial charge in [-0.05, 0) is 73.4 Å². The van der Waals surface area contributed by atoms with Gasteiger partial charge in [0.15, 0.2) is 11.5 Å². The number of rotatable bonds is 4. The molecule has 0 atom stereocenters. The van der Waals surface area contributed by atoms with E-state index in [0.29, 0.717) is 22.9 Å². The Morgan fingerprint density at radius 1 is 1.00 bits per heavy atom. The van der Waals surface area contributed by atoms with Gasteiger partial charge in [-0.1, -0.05) is 35.9 Å². The van der Waals surface area contributed by atoms with Gasteiger partial charge < -0.3 is 9.73 Å². The van der Waals surface area contributed by atoms with Crippen LogP contribution in [0.2, 0.25) is 5.02 Å². The summed E-state index contributed by atoms with van der Waals surface area (Å²) in [5.74, 6) is 0.490. The number of oxazole rings is 1. The molecule has 3 aromatic carbocycles. The van der Waals surface area contributed by atoms with Gasteiger partial charge in [-0.2, -0.15) is 0 Å². The highest BCUT2D eigenvalue weighted by atomic mass is 35.5. The molecule has 1 N–H and O–H groups in total. The molecule has 146 valence electrons. The number of benzene rings is 3. The van der Waals surface area contributed by atoms with Gasteiger partial charge in [0.2, 0.25) is 0 Å². The fourth-order valence-electron chi connectivity index (χ4n) is 3.32. The number of fused-ring (bicyclic) bond motifs is 1. The average Bonchev–Trinajstić information content (AvgIpc) is 3.08. The number of hydrogen-bond acceptors (Lipinski definition) is 3. The minimum Gasteiger partial charge on any atom is -0.440 e. The number of nitrogens with one attached hydrogen (secondary N) is 1. The van der Waals surface area contributed by atoms with Crippen LogP contribution in [0, 0.1) is 20.8 Å². The molecular formula is C24H21ClN2O2. The van der Waals surface area contributed by atoms with Crippen molar-refractivity contribution in [3.63, 3.8) is 0 Å². The average molecular weight is 405 g/mol. The lowest BCUT2D eigenvalue weighted by atomic mass is 10.1. The van der Waals surface area contributed by atoms with E-state index in [9.17, 15) is 4.79 Å². The number of hydrogen-bond donors (Lipinski definition) is 1. The van der Waals surface area contributed by atoms with Gasteiger partial charge >= 0.3 is 0 Å². The second kappa shape index (κ2) is 7.72. The molecule has 0 fully saturated rings. The molecule has 0 saturated carbocycles. The first-order chi connectivity index (χ1) is 13.9. The third-order valence-corrected chi connectivity index (χ3v) is 5.27. The van der Waals surface area contributed by atoms with Crippen molar-refractivity contribution in [3.8, 4) is 0 Å². The minimum atomic E-state index is -0.190. The molecule has 1 heterocycles. The van der Waals surface area contributed by atoms with Crippen molar-refractivity contribution in [1.29, 1.82) is 0 Å². The molecule has 5 heteroatoms. The summed E-state index contributed by atoms with van der Waals surface area (Å²) in [5.41, 5.74) is 7.24. The lowest BCUT2D eigenvalue weighted by Gasteiger charge is -2.07. The summed E-state index contributed by atoms with van der Waals surface area (Å²) in [7, 11) is 0. The number of amides is 1. The fourth-order valence-corrected chi connectivity index (χ4v) is 3.50. The van der Waals surface area contributed by atoms with E-state index in [0.717, 1.165) is 33.5 Å². The Bertz CT molecular complexity index is 1210. The second-order valence-electron chi connectivity index (χ2n) is 7.33. The lowest BCUT2D eigenvalue weighted by molar-refractivity contribution is 0.102. The summed E-state index contributed by atoms with van der Waals surface area (Å²) in [5, 5.41) is 3.47. The zero-order chi connectivity index (χ0) is 20.5. The normalized spacial score (nSPS) is 11.0. The van der Waals surface area contributed by atoms with Crippen LogP contribution in [-0.2, 0) is 6.42 Å². The summed E-state index contributed by atoms with van der Waals surface area (Å²) in [6, 6.07) is 17.1. The molecule has 4 aromatic rings. The van der Waals surface area contributed by atoms with E-state index in [1.807, 2.05) is 50.2 Å². The molecule has 0 bridgehead atoms. The van der Waals surface area contributed by atoms with E-state index >= 15 is 0 Å². The zero-order valence-electron chi connectivity index (χ0n) is 16.5. The number of carbonyl (C=O) groups excluding carboxylic acids is 1. The first kappa shape index (κ1) is 19.2. The summed E-state index contributed by atoms with van der Waals surface area (Å²) < 4.78 is 5.94. The van der Waals surface area contributed by atoms with Crippen LogP contribution in [0.4, 0.5) is 5.69 Å². The van der Waals surface area contributed by atoms with Crippen molar-refractivity contribution in [2.24, 2.45) is 0 Å². The SMILES string of the molecule is Cc1cc(C)c2oc(Cc3ccc(NC(=O)c4ccc(C)c(Cl)c4)cc3)nc2c1. The zero-order valence-corrected chi connectivity index (χ0v) is 17.3. The highest BCUT2D eigenvalue weighted by molar-refractivity contribution is 6.31. The molecule has 0 aliphatic heterocycles. The van der Waals surface area contributed by atoms with E-state index in [1.54, 1.807) is 12.1 Å². The van der Waals surface area contributed by atoms with Crippen LogP contribution >= 0.6 is 11.6 Å². The number of aromatic nitrogens is 1. The van der Waals surface area contributed by atoms with E-state index in [2.05, 4.69) is 23.3 Å². The molecule has 4 nitrogen and oxygen atoms in total. The Kier molecular flexibility index (Phi) is 5.12. The van der Waals surface area contributed by atoms with Crippen molar-refractivity contribution in [1.82, 2.24) is 4.98 Å². The number of carbonyl (C=O) groups is 1. The summed E-state index contributed by atoms with van der Waals surface area (Å²) in [6.45, 7) is 5.99. The van der Waals surface area contributed by atoms with Gasteiger partial charge in [0.05, 0.1) is 0 Å². The first-order valence-corrected chi connectivity index (χ1v) is 9.80. The summed E-state index contributed by atoms with van der Waals surface area (Å²) in [4.78, 5) is 17.0. The predicted octanol–water partition coefficient (Wildman–Crippen LogP) is 6.25. The Hall–Kier alpha value is -3.11. The second-order valence-corrected chi connectivity index (χ2v) is 7.74. The molecule has 1 aromatic heterocycles. The fraction of sp³-hybridized carbons (Fsp3) is 0.167. The third-order valence-electron chi connectivity index (χ3n) is 4.87. The maximum atomic E-state index is 12.4. The molecule has 0 unspecified atom stereocenters. The molecule has 4 rings (SSSR count). The summed E-state index contributed by atoms with van der Waals surface area (Å²) in [6.07, 6.45) is 0.592. The maximum absolute atomic E-state index is 12.4. The van der Waals surface area contributed by atoms with Crippen molar-refractivity contribution in [2.45, 2.75) is 27.2 Å². The van der Waals surface area contributed by atoms with Gasteiger partial charge in [-0.25, -0.2) is 4.98 Å². The molecule has 0 saturated heterocycles. The number of aryl methyl sites for hydroxylation is 3. The topological polar surface area (TPSA) is 55.1 Å². The van der Waals surface area contributed by atoms with Crippen LogP contribution in [0.15, 0.2) is 59.0 Å². The van der Waals surface area contributed by atoms with Crippen molar-refractivity contribution in [2.75, 3.05) is 5.32 Å². The molecule has 1 amide bonds. The predicted molar refractivity (Wildman–Crippen MR) is 117 cm³/mol. The third kappa shape index (κ3) is 4.17. The molecule has 0 spiro atoms. The Labute approximate surface area is 174 Å². The van der Waals surface area contributed by atoms with E-state index in [4.69, 9.17) is 16.0 Å². The Morgan fingerprint density at radius 3 is 2.48 bits per heavy atom. The van der Waals surface area contributed by atoms with Crippen LogP contribution in [0.25, 0.3) is 11.1 Å². The first-order valence-electron chi connectivity index (χ1n) is 9.42. The Morgan fingerprint density at radius 2 is 1.76 bits per heavy atom. The van der Waals surface area contributed by atoms with Crippen LogP contribution < -0.4 is 5.32 Å². The molecule has 0 aliphatic carbocycles. The smallest absolute Gasteiger partial charge is 0.255 e. The van der Waals surface area contributed by atoms with Gasteiger partial charge in [0, 0.05) is 22.7 Å². The van der Waals surface area contributed by atoms with Gasteiger partial charge in [0.25, 0.3) is 5.91 Å². The lowest BCUT2D eigenvalue weighted by Crippen LogP contribution is -2.11. The van der Waals surface area contributed by atoms with E-state index < -0.39 is 0 Å². The molecule has 29 heavy (non-hydrogen) atoms. The number of nitrogens with zero attached hydrogens (tertiary/aromatic N) is 1. The molecule has 0 aliphatic rings. The van der Waals surface area contributed by atoms with Crippen LogP contribution in [0.3, 0.4) is 0 Å². The van der Waals surface area contributed by atoms with Crippen molar-refractivity contribution < 1.29 is 9.21 Å². The van der Waals surface area contributed by atoms with Crippen LogP contribution in [-0.4, -0.2) is 10.9 Å². The van der Waals surface area contributed by atoms with Gasteiger partial charge in [0.1, 0.15) is 5.52 Å². The highest BCUT2D eigenvalue weighted by Gasteiger charge is 2.11. The minimum absolute atomic E-state index is 0.190. The van der Waals surface area contributed by atoms with Crippen LogP contribution in [0.5, 0.6) is 0 Å². The van der Waals surface area contributed by atoms with Crippen LogP contribution in [0.1, 0.15) is 38.5 Å². The standard InChI is InChI=1S/C24H21ClN2O2/c1-14-10-16(3)23-21(11-14)27-22(29-23)12-17-5-8-19(9-6-17)26-24(28)18-7-4-15(2)20(25)13-18/h4-11,13H,12H2,1-3H3,(H,26,28). The van der Waals surface area contributed by atoms with E-state index in [1.165, 1.54) is 5.56 Å². The van der Waals surface area contributed by atoms with Crippen molar-refractivity contribution >= 4 is 34.3 Å². The van der Waals surface area contributed by atoms with Gasteiger partial charge in [-0.3, -0.25) is 4.79 Å². The number of halogens is 1. The Balaban J connectivity index is 1.47.